The van der Waals surface area contributed by atoms with Gasteiger partial charge in [-0.3, -0.25) is 0 Å². The molecule has 0 aromatic heterocycles. The minimum absolute atomic E-state index is 0.0537. The Balaban J connectivity index is 2.34. The summed E-state index contributed by atoms with van der Waals surface area (Å²) < 4.78 is 0.916. The Labute approximate surface area is 127 Å². The van der Waals surface area contributed by atoms with E-state index in [4.69, 9.17) is 5.26 Å². The van der Waals surface area contributed by atoms with Gasteiger partial charge in [0.15, 0.2) is 0 Å². The summed E-state index contributed by atoms with van der Waals surface area (Å²) in [5.41, 5.74) is 2.19. The molecule has 0 aliphatic heterocycles. The van der Waals surface area contributed by atoms with E-state index in [0.717, 1.165) is 22.1 Å². The van der Waals surface area contributed by atoms with Crippen molar-refractivity contribution in [3.63, 3.8) is 0 Å². The van der Waals surface area contributed by atoms with E-state index in [-0.39, 0.29) is 11.8 Å². The van der Waals surface area contributed by atoms with E-state index in [9.17, 15) is 5.11 Å². The van der Waals surface area contributed by atoms with E-state index in [0.29, 0.717) is 5.56 Å². The van der Waals surface area contributed by atoms with Gasteiger partial charge in [-0.1, -0.05) is 35.0 Å². The van der Waals surface area contributed by atoms with Crippen LogP contribution >= 0.6 is 15.9 Å². The smallest absolute Gasteiger partial charge is 0.120 e. The highest BCUT2D eigenvalue weighted by Gasteiger charge is 2.15. The lowest BCUT2D eigenvalue weighted by atomic mass is 10.0. The fraction of sp³-hybridized carbons (Fsp3) is 0.188. The number of para-hydroxylation sites is 1. The molecule has 1 atom stereocenters. The highest BCUT2D eigenvalue weighted by atomic mass is 79.9. The summed E-state index contributed by atoms with van der Waals surface area (Å²) >= 11 is 3.42. The zero-order valence-corrected chi connectivity index (χ0v) is 12.7. The second kappa shape index (κ2) is 6.44. The molecular weight excluding hydrogens is 316 g/mol. The average Bonchev–Trinajstić information content (AvgIpc) is 2.48. The van der Waals surface area contributed by atoms with Crippen LogP contribution in [0.3, 0.4) is 0 Å². The van der Waals surface area contributed by atoms with Gasteiger partial charge in [-0.2, -0.15) is 5.26 Å². The van der Waals surface area contributed by atoms with Crippen molar-refractivity contribution in [2.24, 2.45) is 0 Å². The lowest BCUT2D eigenvalue weighted by Gasteiger charge is -2.20. The van der Waals surface area contributed by atoms with Crippen molar-refractivity contribution in [2.75, 3.05) is 5.32 Å². The zero-order chi connectivity index (χ0) is 14.5. The third kappa shape index (κ3) is 3.12. The lowest BCUT2D eigenvalue weighted by Crippen LogP contribution is -2.11. The van der Waals surface area contributed by atoms with Crippen LogP contribution in [0.4, 0.5) is 5.69 Å². The second-order valence-electron chi connectivity index (χ2n) is 4.47. The van der Waals surface area contributed by atoms with Gasteiger partial charge in [0.05, 0.1) is 17.3 Å². The zero-order valence-electron chi connectivity index (χ0n) is 11.1. The number of nitrogens with one attached hydrogen (secondary N) is 1. The highest BCUT2D eigenvalue weighted by molar-refractivity contribution is 9.10. The van der Waals surface area contributed by atoms with E-state index >= 15 is 0 Å². The van der Waals surface area contributed by atoms with Gasteiger partial charge in [-0.05, 0) is 36.8 Å². The summed E-state index contributed by atoms with van der Waals surface area (Å²) in [7, 11) is 0. The quantitative estimate of drug-likeness (QED) is 0.861. The van der Waals surface area contributed by atoms with Crippen LogP contribution in [-0.4, -0.2) is 5.11 Å². The summed E-state index contributed by atoms with van der Waals surface area (Å²) in [6.45, 7) is 2.03. The third-order valence-electron chi connectivity index (χ3n) is 3.15. The van der Waals surface area contributed by atoms with Crippen molar-refractivity contribution >= 4 is 21.6 Å². The Morgan fingerprint density at radius 2 is 2.05 bits per heavy atom. The van der Waals surface area contributed by atoms with Crippen LogP contribution in [0.25, 0.3) is 0 Å². The van der Waals surface area contributed by atoms with Crippen LogP contribution in [0.15, 0.2) is 46.9 Å². The minimum atomic E-state index is -0.0537. The molecule has 0 fully saturated rings. The first-order chi connectivity index (χ1) is 9.65. The molecule has 2 aromatic rings. The van der Waals surface area contributed by atoms with E-state index in [1.54, 1.807) is 18.2 Å². The first-order valence-corrected chi connectivity index (χ1v) is 7.19. The van der Waals surface area contributed by atoms with Crippen molar-refractivity contribution in [2.45, 2.75) is 19.4 Å². The average molecular weight is 331 g/mol. The summed E-state index contributed by atoms with van der Waals surface area (Å²) in [6, 6.07) is 14.8. The second-order valence-corrected chi connectivity index (χ2v) is 5.38. The Hall–Kier alpha value is -1.99. The van der Waals surface area contributed by atoms with Crippen molar-refractivity contribution in [3.05, 3.63) is 58.1 Å². The summed E-state index contributed by atoms with van der Waals surface area (Å²) in [5, 5.41) is 22.5. The molecular formula is C16H15BrN2O. The standard InChI is InChI=1S/C16H15BrN2O/c1-2-14(13-9-12(17)7-8-16(13)20)19-15-6-4-3-5-11(15)10-18/h3-9,14,19-20H,2H2,1H3. The van der Waals surface area contributed by atoms with Gasteiger partial charge in [-0.15, -0.1) is 0 Å². The molecule has 4 heteroatoms. The summed E-state index contributed by atoms with van der Waals surface area (Å²) in [4.78, 5) is 0. The molecule has 102 valence electrons. The largest absolute Gasteiger partial charge is 0.508 e. The number of nitriles is 1. The number of rotatable bonds is 4. The Morgan fingerprint density at radius 1 is 1.30 bits per heavy atom. The molecule has 2 rings (SSSR count). The van der Waals surface area contributed by atoms with Crippen LogP contribution in [0, 0.1) is 11.3 Å². The molecule has 0 saturated carbocycles. The molecule has 2 aromatic carbocycles. The van der Waals surface area contributed by atoms with Crippen molar-refractivity contribution in [1.29, 1.82) is 5.26 Å². The maximum absolute atomic E-state index is 10.0. The fourth-order valence-electron chi connectivity index (χ4n) is 2.10. The van der Waals surface area contributed by atoms with Gasteiger partial charge < -0.3 is 10.4 Å². The van der Waals surface area contributed by atoms with Gasteiger partial charge in [0.1, 0.15) is 11.8 Å². The predicted octanol–water partition coefficient (Wildman–Crippen LogP) is 4.59. The molecule has 20 heavy (non-hydrogen) atoms. The molecule has 0 spiro atoms. The Kier molecular flexibility index (Phi) is 4.65. The van der Waals surface area contributed by atoms with Crippen LogP contribution in [0.5, 0.6) is 5.75 Å². The van der Waals surface area contributed by atoms with Crippen LogP contribution in [-0.2, 0) is 0 Å². The van der Waals surface area contributed by atoms with Gasteiger partial charge >= 0.3 is 0 Å². The first kappa shape index (κ1) is 14.4. The first-order valence-electron chi connectivity index (χ1n) is 6.39. The molecule has 0 saturated heterocycles. The topological polar surface area (TPSA) is 56.0 Å². The number of aromatic hydroxyl groups is 1. The number of halogens is 1. The van der Waals surface area contributed by atoms with E-state index in [1.807, 2.05) is 31.2 Å². The van der Waals surface area contributed by atoms with Crippen LogP contribution < -0.4 is 5.32 Å². The van der Waals surface area contributed by atoms with Gasteiger partial charge in [0, 0.05) is 10.0 Å². The van der Waals surface area contributed by atoms with Gasteiger partial charge in [0.25, 0.3) is 0 Å². The SMILES string of the molecule is CCC(Nc1ccccc1C#N)c1cc(Br)ccc1O. The minimum Gasteiger partial charge on any atom is -0.508 e. The Bertz CT molecular complexity index is 649. The lowest BCUT2D eigenvalue weighted by molar-refractivity contribution is 0.462. The summed E-state index contributed by atoms with van der Waals surface area (Å²) in [5.74, 6) is 0.252. The van der Waals surface area contributed by atoms with Gasteiger partial charge in [0.2, 0.25) is 0 Å². The molecule has 0 radical (unpaired) electrons. The number of hydrogen-bond donors (Lipinski definition) is 2. The monoisotopic (exact) mass is 330 g/mol. The molecule has 2 N–H and O–H groups in total. The Morgan fingerprint density at radius 3 is 2.75 bits per heavy atom. The molecule has 0 aliphatic carbocycles. The molecule has 0 aliphatic rings. The normalized spacial score (nSPS) is 11.7. The molecule has 0 heterocycles. The van der Waals surface area contributed by atoms with Crippen molar-refractivity contribution in [1.82, 2.24) is 0 Å². The highest BCUT2D eigenvalue weighted by Crippen LogP contribution is 2.32. The van der Waals surface area contributed by atoms with Crippen molar-refractivity contribution in [3.8, 4) is 11.8 Å². The van der Waals surface area contributed by atoms with Crippen LogP contribution in [0.1, 0.15) is 30.5 Å². The number of benzene rings is 2. The summed E-state index contributed by atoms with van der Waals surface area (Å²) in [6.07, 6.45) is 0.795. The molecule has 0 bridgehead atoms. The van der Waals surface area contributed by atoms with Crippen molar-refractivity contribution < 1.29 is 5.11 Å². The molecule has 1 unspecified atom stereocenters. The van der Waals surface area contributed by atoms with Gasteiger partial charge in [-0.25, -0.2) is 0 Å². The maximum Gasteiger partial charge on any atom is 0.120 e. The third-order valence-corrected chi connectivity index (χ3v) is 3.64. The van der Waals surface area contributed by atoms with E-state index < -0.39 is 0 Å². The fourth-order valence-corrected chi connectivity index (χ4v) is 2.48. The van der Waals surface area contributed by atoms with E-state index in [1.165, 1.54) is 0 Å². The predicted molar refractivity (Wildman–Crippen MR) is 83.6 cm³/mol. The number of phenols is 1. The van der Waals surface area contributed by atoms with E-state index in [2.05, 4.69) is 27.3 Å². The number of phenolic OH excluding ortho intramolecular Hbond substituents is 1. The number of anilines is 1. The van der Waals surface area contributed by atoms with Crippen LogP contribution in [0.2, 0.25) is 0 Å². The molecule has 0 amide bonds. The number of nitrogens with zero attached hydrogens (tertiary/aromatic N) is 1. The maximum atomic E-state index is 10.0. The number of hydrogen-bond acceptors (Lipinski definition) is 3. The molecule has 3 nitrogen and oxygen atoms in total.